The molecule has 0 saturated carbocycles. The minimum Gasteiger partial charge on any atom is -0.335 e. The van der Waals surface area contributed by atoms with Crippen molar-refractivity contribution in [3.63, 3.8) is 0 Å². The molecule has 1 amide bonds. The summed E-state index contributed by atoms with van der Waals surface area (Å²) in [6, 6.07) is 4.53. The highest BCUT2D eigenvalue weighted by molar-refractivity contribution is 7.11. The summed E-state index contributed by atoms with van der Waals surface area (Å²) >= 11 is 1.76. The van der Waals surface area contributed by atoms with E-state index in [1.54, 1.807) is 11.3 Å². The fraction of sp³-hybridized carbons (Fsp3) is 0.643. The first kappa shape index (κ1) is 15.2. The van der Waals surface area contributed by atoms with Crippen LogP contribution in [0.25, 0.3) is 0 Å². The third kappa shape index (κ3) is 4.78. The molecule has 0 fully saturated rings. The van der Waals surface area contributed by atoms with Crippen molar-refractivity contribution in [3.8, 4) is 0 Å². The highest BCUT2D eigenvalue weighted by Crippen LogP contribution is 2.19. The second-order valence-electron chi connectivity index (χ2n) is 5.14. The number of hydrogen-bond donors (Lipinski definition) is 1. The molecule has 1 aromatic rings. The molecule has 0 saturated heterocycles. The van der Waals surface area contributed by atoms with Crippen LogP contribution in [-0.2, 0) is 11.3 Å². The second-order valence-corrected chi connectivity index (χ2v) is 6.52. The Morgan fingerprint density at radius 2 is 2.06 bits per heavy atom. The average Bonchev–Trinajstić information content (AvgIpc) is 2.68. The van der Waals surface area contributed by atoms with Gasteiger partial charge in [0, 0.05) is 28.3 Å². The van der Waals surface area contributed by atoms with Gasteiger partial charge in [0.1, 0.15) is 0 Å². The summed E-state index contributed by atoms with van der Waals surface area (Å²) in [6.45, 7) is 8.86. The van der Waals surface area contributed by atoms with Gasteiger partial charge in [-0.2, -0.15) is 0 Å². The first-order valence-electron chi connectivity index (χ1n) is 6.50. The number of carbonyl (C=O) groups is 1. The summed E-state index contributed by atoms with van der Waals surface area (Å²) in [7, 11) is 0. The van der Waals surface area contributed by atoms with Crippen LogP contribution in [0.3, 0.4) is 0 Å². The molecule has 0 radical (unpaired) electrons. The number of thiophene rings is 1. The van der Waals surface area contributed by atoms with Crippen molar-refractivity contribution in [2.75, 3.05) is 0 Å². The zero-order valence-electron chi connectivity index (χ0n) is 11.8. The van der Waals surface area contributed by atoms with Crippen LogP contribution < -0.4 is 5.73 Å². The molecule has 0 aliphatic heterocycles. The maximum atomic E-state index is 12.2. The van der Waals surface area contributed by atoms with Gasteiger partial charge in [-0.1, -0.05) is 0 Å². The quantitative estimate of drug-likeness (QED) is 0.862. The van der Waals surface area contributed by atoms with Gasteiger partial charge in [0.25, 0.3) is 0 Å². The van der Waals surface area contributed by atoms with Crippen LogP contribution in [-0.4, -0.2) is 22.9 Å². The van der Waals surface area contributed by atoms with E-state index in [1.165, 1.54) is 9.75 Å². The number of hydrogen-bond acceptors (Lipinski definition) is 3. The molecule has 1 heterocycles. The van der Waals surface area contributed by atoms with Gasteiger partial charge in [-0.05, 0) is 46.2 Å². The zero-order valence-corrected chi connectivity index (χ0v) is 12.6. The molecule has 1 atom stereocenters. The van der Waals surface area contributed by atoms with Crippen molar-refractivity contribution in [3.05, 3.63) is 21.9 Å². The van der Waals surface area contributed by atoms with E-state index in [4.69, 9.17) is 5.73 Å². The van der Waals surface area contributed by atoms with Crippen LogP contribution in [0.1, 0.15) is 43.4 Å². The standard InChI is InChI=1S/C14H24N2OS/c1-10(2)16(14(17)8-5-11(3)15)9-13-7-6-12(4)18-13/h6-7,10-11H,5,8-9,15H2,1-4H3. The van der Waals surface area contributed by atoms with Crippen molar-refractivity contribution < 1.29 is 4.79 Å². The monoisotopic (exact) mass is 268 g/mol. The number of rotatable bonds is 6. The van der Waals surface area contributed by atoms with Gasteiger partial charge in [0.2, 0.25) is 5.91 Å². The average molecular weight is 268 g/mol. The Kier molecular flexibility index (Phi) is 5.82. The van der Waals surface area contributed by atoms with Crippen LogP contribution >= 0.6 is 11.3 Å². The Morgan fingerprint density at radius 1 is 1.39 bits per heavy atom. The molecule has 2 N–H and O–H groups in total. The first-order valence-corrected chi connectivity index (χ1v) is 7.32. The summed E-state index contributed by atoms with van der Waals surface area (Å²) in [5, 5.41) is 0. The number of nitrogens with zero attached hydrogens (tertiary/aromatic N) is 1. The Labute approximate surface area is 114 Å². The van der Waals surface area contributed by atoms with Crippen LogP contribution in [0.15, 0.2) is 12.1 Å². The Balaban J connectivity index is 2.62. The lowest BCUT2D eigenvalue weighted by molar-refractivity contribution is -0.133. The smallest absolute Gasteiger partial charge is 0.223 e. The second kappa shape index (κ2) is 6.90. The number of nitrogens with two attached hydrogens (primary N) is 1. The first-order chi connectivity index (χ1) is 8.40. The molecule has 0 aromatic carbocycles. The van der Waals surface area contributed by atoms with Gasteiger partial charge in [-0.15, -0.1) is 11.3 Å². The summed E-state index contributed by atoms with van der Waals surface area (Å²) in [5.41, 5.74) is 5.70. The van der Waals surface area contributed by atoms with Crippen molar-refractivity contribution in [1.82, 2.24) is 4.90 Å². The normalized spacial score (nSPS) is 12.8. The van der Waals surface area contributed by atoms with E-state index < -0.39 is 0 Å². The largest absolute Gasteiger partial charge is 0.335 e. The van der Waals surface area contributed by atoms with E-state index in [2.05, 4.69) is 32.9 Å². The molecule has 18 heavy (non-hydrogen) atoms. The molecule has 0 aliphatic rings. The molecule has 3 nitrogen and oxygen atoms in total. The molecule has 102 valence electrons. The predicted octanol–water partition coefficient (Wildman–Crippen LogP) is 2.92. The van der Waals surface area contributed by atoms with Crippen LogP contribution in [0.2, 0.25) is 0 Å². The number of carbonyl (C=O) groups excluding carboxylic acids is 1. The fourth-order valence-corrected chi connectivity index (χ4v) is 2.68. The molecule has 1 aromatic heterocycles. The van der Waals surface area contributed by atoms with E-state index in [9.17, 15) is 4.79 Å². The molecule has 4 heteroatoms. The summed E-state index contributed by atoms with van der Waals surface area (Å²) in [6.07, 6.45) is 1.30. The molecule has 1 unspecified atom stereocenters. The van der Waals surface area contributed by atoms with Crippen LogP contribution in [0, 0.1) is 6.92 Å². The topological polar surface area (TPSA) is 46.3 Å². The number of aryl methyl sites for hydroxylation is 1. The van der Waals surface area contributed by atoms with Crippen molar-refractivity contribution in [1.29, 1.82) is 0 Å². The highest BCUT2D eigenvalue weighted by atomic mass is 32.1. The molecular weight excluding hydrogens is 244 g/mol. The summed E-state index contributed by atoms with van der Waals surface area (Å²) < 4.78 is 0. The van der Waals surface area contributed by atoms with Crippen molar-refractivity contribution in [2.24, 2.45) is 5.73 Å². The summed E-state index contributed by atoms with van der Waals surface area (Å²) in [5.74, 6) is 0.202. The van der Waals surface area contributed by atoms with E-state index in [1.807, 2.05) is 11.8 Å². The fourth-order valence-electron chi connectivity index (χ4n) is 1.79. The third-order valence-corrected chi connectivity index (χ3v) is 3.86. The van der Waals surface area contributed by atoms with Gasteiger partial charge in [0.05, 0.1) is 6.54 Å². The highest BCUT2D eigenvalue weighted by Gasteiger charge is 2.18. The maximum absolute atomic E-state index is 12.2. The van der Waals surface area contributed by atoms with Crippen molar-refractivity contribution >= 4 is 17.2 Å². The van der Waals surface area contributed by atoms with E-state index in [0.717, 1.165) is 6.42 Å². The molecule has 1 rings (SSSR count). The lowest BCUT2D eigenvalue weighted by Gasteiger charge is -2.26. The minimum absolute atomic E-state index is 0.0898. The number of amides is 1. The Bertz CT molecular complexity index is 385. The predicted molar refractivity (Wildman–Crippen MR) is 77.6 cm³/mol. The van der Waals surface area contributed by atoms with Crippen LogP contribution in [0.5, 0.6) is 0 Å². The van der Waals surface area contributed by atoms with Crippen molar-refractivity contribution in [2.45, 2.75) is 59.2 Å². The lowest BCUT2D eigenvalue weighted by atomic mass is 10.1. The Morgan fingerprint density at radius 3 is 2.50 bits per heavy atom. The van der Waals surface area contributed by atoms with Gasteiger partial charge in [0.15, 0.2) is 0 Å². The zero-order chi connectivity index (χ0) is 13.7. The van der Waals surface area contributed by atoms with Gasteiger partial charge >= 0.3 is 0 Å². The van der Waals surface area contributed by atoms with Gasteiger partial charge in [-0.25, -0.2) is 0 Å². The van der Waals surface area contributed by atoms with Gasteiger partial charge < -0.3 is 10.6 Å². The van der Waals surface area contributed by atoms with E-state index in [0.29, 0.717) is 13.0 Å². The molecule has 0 spiro atoms. The van der Waals surface area contributed by atoms with E-state index >= 15 is 0 Å². The maximum Gasteiger partial charge on any atom is 0.223 e. The summed E-state index contributed by atoms with van der Waals surface area (Å²) in [4.78, 5) is 16.6. The molecular formula is C14H24N2OS. The van der Waals surface area contributed by atoms with E-state index in [-0.39, 0.29) is 18.0 Å². The van der Waals surface area contributed by atoms with Gasteiger partial charge in [-0.3, -0.25) is 4.79 Å². The lowest BCUT2D eigenvalue weighted by Crippen LogP contribution is -2.36. The minimum atomic E-state index is 0.0898. The molecule has 0 bridgehead atoms. The molecule has 0 aliphatic carbocycles. The SMILES string of the molecule is Cc1ccc(CN(C(=O)CCC(C)N)C(C)C)s1. The third-order valence-electron chi connectivity index (χ3n) is 2.88. The Hall–Kier alpha value is -0.870. The van der Waals surface area contributed by atoms with Crippen LogP contribution in [0.4, 0.5) is 0 Å².